The van der Waals surface area contributed by atoms with Crippen LogP contribution in [0.3, 0.4) is 0 Å². The second kappa shape index (κ2) is 4.70. The molecule has 0 radical (unpaired) electrons. The molecule has 18 heavy (non-hydrogen) atoms. The highest BCUT2D eigenvalue weighted by Crippen LogP contribution is 2.19. The summed E-state index contributed by atoms with van der Waals surface area (Å²) in [4.78, 5) is 4.80. The minimum absolute atomic E-state index is 0.313. The summed E-state index contributed by atoms with van der Waals surface area (Å²) in [5, 5.41) is 3.07. The molecule has 0 amide bonds. The summed E-state index contributed by atoms with van der Waals surface area (Å²) in [6.07, 6.45) is 2.02. The molecule has 0 atom stereocenters. The molecule has 0 aliphatic carbocycles. The van der Waals surface area contributed by atoms with Crippen LogP contribution in [0.15, 0.2) is 23.1 Å². The van der Waals surface area contributed by atoms with Gasteiger partial charge in [-0.1, -0.05) is 0 Å². The number of imidazole rings is 1. The Labute approximate surface area is 107 Å². The number of benzene rings is 1. The number of nitrogens with zero attached hydrogens (tertiary/aromatic N) is 2. The molecule has 6 heteroatoms. The summed E-state index contributed by atoms with van der Waals surface area (Å²) < 4.78 is 25.0. The Morgan fingerprint density at radius 1 is 1.39 bits per heavy atom. The maximum absolute atomic E-state index is 11.5. The molecule has 2 rings (SSSR count). The van der Waals surface area contributed by atoms with Gasteiger partial charge in [0.15, 0.2) is 9.84 Å². The number of aryl methyl sites for hydroxylation is 1. The van der Waals surface area contributed by atoms with Gasteiger partial charge in [-0.15, -0.1) is 0 Å². The number of hydrogen-bond donors (Lipinski definition) is 1. The van der Waals surface area contributed by atoms with Gasteiger partial charge in [0.1, 0.15) is 5.82 Å². The number of likely N-dealkylation sites (N-methyl/N-ethyl adjacent to an activating group) is 1. The van der Waals surface area contributed by atoms with Crippen LogP contribution in [0.5, 0.6) is 0 Å². The van der Waals surface area contributed by atoms with Crippen LogP contribution in [0.25, 0.3) is 11.0 Å². The van der Waals surface area contributed by atoms with Gasteiger partial charge in [0.25, 0.3) is 0 Å². The number of rotatable bonds is 4. The Hall–Kier alpha value is -1.40. The van der Waals surface area contributed by atoms with Crippen LogP contribution in [0, 0.1) is 0 Å². The van der Waals surface area contributed by atoms with Crippen molar-refractivity contribution in [3.05, 3.63) is 24.0 Å². The molecule has 0 spiro atoms. The fourth-order valence-corrected chi connectivity index (χ4v) is 2.56. The van der Waals surface area contributed by atoms with Crippen molar-refractivity contribution in [2.75, 3.05) is 19.8 Å². The predicted octanol–water partition coefficient (Wildman–Crippen LogP) is 0.739. The molecule has 5 nitrogen and oxygen atoms in total. The van der Waals surface area contributed by atoms with E-state index in [2.05, 4.69) is 10.3 Å². The highest BCUT2D eigenvalue weighted by Gasteiger charge is 2.12. The Morgan fingerprint density at radius 3 is 2.72 bits per heavy atom. The lowest BCUT2D eigenvalue weighted by Crippen LogP contribution is -2.12. The summed E-state index contributed by atoms with van der Waals surface area (Å²) in [6, 6.07) is 5.07. The lowest BCUT2D eigenvalue weighted by Gasteiger charge is -2.01. The molecular weight excluding hydrogens is 250 g/mol. The second-order valence-corrected chi connectivity index (χ2v) is 6.38. The van der Waals surface area contributed by atoms with Gasteiger partial charge in [-0.05, 0) is 25.2 Å². The molecule has 0 saturated heterocycles. The van der Waals surface area contributed by atoms with Gasteiger partial charge in [-0.25, -0.2) is 13.4 Å². The minimum atomic E-state index is -3.18. The van der Waals surface area contributed by atoms with Crippen molar-refractivity contribution >= 4 is 20.9 Å². The highest BCUT2D eigenvalue weighted by molar-refractivity contribution is 7.90. The normalized spacial score (nSPS) is 12.2. The lowest BCUT2D eigenvalue weighted by atomic mass is 10.3. The zero-order valence-corrected chi connectivity index (χ0v) is 11.6. The molecule has 0 bridgehead atoms. The summed E-state index contributed by atoms with van der Waals surface area (Å²) in [6.45, 7) is 0.843. The smallest absolute Gasteiger partial charge is 0.175 e. The molecule has 0 unspecified atom stereocenters. The van der Waals surface area contributed by atoms with Crippen LogP contribution in [-0.4, -0.2) is 37.8 Å². The van der Waals surface area contributed by atoms with E-state index in [0.29, 0.717) is 4.90 Å². The van der Waals surface area contributed by atoms with E-state index in [4.69, 9.17) is 0 Å². The van der Waals surface area contributed by atoms with Crippen molar-refractivity contribution < 1.29 is 8.42 Å². The van der Waals surface area contributed by atoms with Crippen LogP contribution in [0.4, 0.5) is 0 Å². The van der Waals surface area contributed by atoms with Gasteiger partial charge in [-0.2, -0.15) is 0 Å². The van der Waals surface area contributed by atoms with E-state index in [1.54, 1.807) is 12.1 Å². The number of hydrogen-bond acceptors (Lipinski definition) is 4. The lowest BCUT2D eigenvalue weighted by molar-refractivity contribution is 0.602. The molecule has 2 aromatic rings. The first-order valence-corrected chi connectivity index (χ1v) is 7.62. The van der Waals surface area contributed by atoms with Gasteiger partial charge >= 0.3 is 0 Å². The average molecular weight is 267 g/mol. The second-order valence-electron chi connectivity index (χ2n) is 4.36. The first-order chi connectivity index (χ1) is 8.43. The Kier molecular flexibility index (Phi) is 3.41. The first-order valence-electron chi connectivity index (χ1n) is 5.73. The minimum Gasteiger partial charge on any atom is -0.331 e. The van der Waals surface area contributed by atoms with Crippen molar-refractivity contribution in [1.82, 2.24) is 14.9 Å². The molecule has 0 aliphatic heterocycles. The zero-order valence-electron chi connectivity index (χ0n) is 10.8. The quantitative estimate of drug-likeness (QED) is 0.887. The molecule has 1 N–H and O–H groups in total. The first kappa shape index (κ1) is 13.0. The van der Waals surface area contributed by atoms with Crippen molar-refractivity contribution in [1.29, 1.82) is 0 Å². The summed E-state index contributed by atoms with van der Waals surface area (Å²) >= 11 is 0. The van der Waals surface area contributed by atoms with Gasteiger partial charge in [-0.3, -0.25) is 0 Å². The van der Waals surface area contributed by atoms with Gasteiger partial charge < -0.3 is 9.88 Å². The number of fused-ring (bicyclic) bond motifs is 1. The molecule has 0 fully saturated rings. The highest BCUT2D eigenvalue weighted by atomic mass is 32.2. The van der Waals surface area contributed by atoms with E-state index < -0.39 is 9.84 Å². The third-order valence-electron chi connectivity index (χ3n) is 2.97. The van der Waals surface area contributed by atoms with Gasteiger partial charge in [0, 0.05) is 26.3 Å². The van der Waals surface area contributed by atoms with Crippen molar-refractivity contribution in [2.24, 2.45) is 7.05 Å². The van der Waals surface area contributed by atoms with Crippen molar-refractivity contribution in [3.63, 3.8) is 0 Å². The van der Waals surface area contributed by atoms with E-state index in [0.717, 1.165) is 29.8 Å². The Morgan fingerprint density at radius 2 is 2.11 bits per heavy atom. The van der Waals surface area contributed by atoms with Crippen LogP contribution in [0.1, 0.15) is 5.82 Å². The van der Waals surface area contributed by atoms with E-state index in [1.165, 1.54) is 6.26 Å². The van der Waals surface area contributed by atoms with Crippen molar-refractivity contribution in [2.45, 2.75) is 11.3 Å². The SMILES string of the molecule is CNCCc1nc2cc(S(C)(=O)=O)ccc2n1C. The monoisotopic (exact) mass is 267 g/mol. The molecule has 0 aliphatic rings. The molecule has 1 aromatic carbocycles. The van der Waals surface area contributed by atoms with Crippen molar-refractivity contribution in [3.8, 4) is 0 Å². The molecular formula is C12H17N3O2S. The zero-order chi connectivity index (χ0) is 13.3. The topological polar surface area (TPSA) is 64.0 Å². The van der Waals surface area contributed by atoms with E-state index in [-0.39, 0.29) is 0 Å². The number of aromatic nitrogens is 2. The van der Waals surface area contributed by atoms with Crippen LogP contribution < -0.4 is 5.32 Å². The molecule has 0 saturated carbocycles. The van der Waals surface area contributed by atoms with Crippen LogP contribution in [-0.2, 0) is 23.3 Å². The third kappa shape index (κ3) is 2.39. The van der Waals surface area contributed by atoms with Crippen LogP contribution in [0.2, 0.25) is 0 Å². The molecule has 1 aromatic heterocycles. The Bertz CT molecular complexity index is 674. The maximum atomic E-state index is 11.5. The fraction of sp³-hybridized carbons (Fsp3) is 0.417. The van der Waals surface area contributed by atoms with Crippen LogP contribution >= 0.6 is 0 Å². The largest absolute Gasteiger partial charge is 0.331 e. The summed E-state index contributed by atoms with van der Waals surface area (Å²) in [7, 11) is 0.662. The van der Waals surface area contributed by atoms with E-state index >= 15 is 0 Å². The Balaban J connectivity index is 2.52. The maximum Gasteiger partial charge on any atom is 0.175 e. The van der Waals surface area contributed by atoms with Gasteiger partial charge in [0.05, 0.1) is 15.9 Å². The summed E-state index contributed by atoms with van der Waals surface area (Å²) in [5.74, 6) is 0.949. The van der Waals surface area contributed by atoms with Gasteiger partial charge in [0.2, 0.25) is 0 Å². The number of sulfone groups is 1. The van der Waals surface area contributed by atoms with E-state index in [1.807, 2.05) is 24.7 Å². The fourth-order valence-electron chi connectivity index (χ4n) is 1.92. The third-order valence-corrected chi connectivity index (χ3v) is 4.08. The predicted molar refractivity (Wildman–Crippen MR) is 71.5 cm³/mol. The standard InChI is InChI=1S/C12H17N3O2S/c1-13-7-6-12-14-10-8-9(18(3,16)17)4-5-11(10)15(12)2/h4-5,8,13H,6-7H2,1-3H3. The molecule has 1 heterocycles. The summed E-state index contributed by atoms with van der Waals surface area (Å²) in [5.41, 5.74) is 1.68. The molecule has 98 valence electrons. The van der Waals surface area contributed by atoms with E-state index in [9.17, 15) is 8.42 Å². The average Bonchev–Trinajstić information content (AvgIpc) is 2.62. The number of nitrogens with one attached hydrogen (secondary N) is 1.